The van der Waals surface area contributed by atoms with Crippen molar-refractivity contribution in [2.45, 2.75) is 44.7 Å². The lowest BCUT2D eigenvalue weighted by Crippen LogP contribution is -2.46. The standard InChI is InChI=1S/C27H27N3O3S/c1-17-8-12-19(13-9-17)30-24(31)15-14-21(25(30)23-7-4-16-34-23)27(33)29-22-6-3-2-5-20(22)26(32)28-18-10-11-18/h2-9,12-13,16,18,21,25H,10-11,14-15H2,1H3,(H,28,32)(H,29,33). The van der Waals surface area contributed by atoms with Crippen LogP contribution < -0.4 is 15.5 Å². The van der Waals surface area contributed by atoms with Gasteiger partial charge >= 0.3 is 0 Å². The number of rotatable bonds is 6. The summed E-state index contributed by atoms with van der Waals surface area (Å²) in [4.78, 5) is 42.2. The molecule has 0 bridgehead atoms. The first-order valence-corrected chi connectivity index (χ1v) is 12.5. The van der Waals surface area contributed by atoms with Crippen LogP contribution >= 0.6 is 11.3 Å². The summed E-state index contributed by atoms with van der Waals surface area (Å²) in [5, 5.41) is 7.97. The first-order chi connectivity index (χ1) is 16.5. The Kier molecular flexibility index (Phi) is 6.20. The van der Waals surface area contributed by atoms with Gasteiger partial charge < -0.3 is 15.5 Å². The van der Waals surface area contributed by atoms with Crippen molar-refractivity contribution in [2.75, 3.05) is 10.2 Å². The molecule has 6 nitrogen and oxygen atoms in total. The van der Waals surface area contributed by atoms with E-state index < -0.39 is 12.0 Å². The minimum atomic E-state index is -0.447. The zero-order valence-electron chi connectivity index (χ0n) is 19.0. The third-order valence-corrected chi connectivity index (χ3v) is 7.37. The van der Waals surface area contributed by atoms with Gasteiger partial charge in [0.25, 0.3) is 5.91 Å². The molecular formula is C27H27N3O3S. The Morgan fingerprint density at radius 3 is 2.44 bits per heavy atom. The molecule has 1 aliphatic heterocycles. The Labute approximate surface area is 203 Å². The third kappa shape index (κ3) is 4.61. The number of nitrogens with zero attached hydrogens (tertiary/aromatic N) is 1. The number of para-hydroxylation sites is 1. The van der Waals surface area contributed by atoms with Crippen LogP contribution in [0.5, 0.6) is 0 Å². The maximum absolute atomic E-state index is 13.6. The first-order valence-electron chi connectivity index (χ1n) is 11.6. The molecule has 2 aliphatic rings. The zero-order chi connectivity index (χ0) is 23.7. The number of aryl methyl sites for hydroxylation is 1. The fourth-order valence-corrected chi connectivity index (χ4v) is 5.35. The number of carbonyl (C=O) groups is 3. The third-order valence-electron chi connectivity index (χ3n) is 6.42. The van der Waals surface area contributed by atoms with Gasteiger partial charge in [0.2, 0.25) is 11.8 Å². The molecule has 2 fully saturated rings. The number of thiophene rings is 1. The van der Waals surface area contributed by atoms with E-state index in [-0.39, 0.29) is 30.2 Å². The molecule has 1 saturated heterocycles. The Morgan fingerprint density at radius 1 is 0.971 bits per heavy atom. The molecule has 2 aromatic carbocycles. The molecule has 0 radical (unpaired) electrons. The van der Waals surface area contributed by atoms with E-state index in [1.807, 2.05) is 54.8 Å². The van der Waals surface area contributed by atoms with Crippen molar-refractivity contribution in [2.24, 2.45) is 5.92 Å². The quantitative estimate of drug-likeness (QED) is 0.525. The fraction of sp³-hybridized carbons (Fsp3) is 0.296. The average Bonchev–Trinajstić information content (AvgIpc) is 3.48. The van der Waals surface area contributed by atoms with E-state index in [4.69, 9.17) is 0 Å². The van der Waals surface area contributed by atoms with Crippen LogP contribution in [0.25, 0.3) is 0 Å². The molecule has 2 unspecified atom stereocenters. The molecule has 5 rings (SSSR count). The van der Waals surface area contributed by atoms with Crippen molar-refractivity contribution in [1.29, 1.82) is 0 Å². The second-order valence-corrected chi connectivity index (χ2v) is 9.97. The van der Waals surface area contributed by atoms with Gasteiger partial charge in [-0.05, 0) is 61.9 Å². The molecule has 2 heterocycles. The lowest BCUT2D eigenvalue weighted by atomic mass is 9.86. The molecule has 2 atom stereocenters. The van der Waals surface area contributed by atoms with Crippen LogP contribution in [0.4, 0.5) is 11.4 Å². The number of nitrogens with one attached hydrogen (secondary N) is 2. The van der Waals surface area contributed by atoms with Crippen LogP contribution in [-0.2, 0) is 9.59 Å². The monoisotopic (exact) mass is 473 g/mol. The molecule has 1 saturated carbocycles. The Morgan fingerprint density at radius 2 is 1.74 bits per heavy atom. The summed E-state index contributed by atoms with van der Waals surface area (Å²) in [5.41, 5.74) is 2.85. The van der Waals surface area contributed by atoms with Crippen molar-refractivity contribution < 1.29 is 14.4 Å². The van der Waals surface area contributed by atoms with Gasteiger partial charge in [-0.25, -0.2) is 0 Å². The van der Waals surface area contributed by atoms with Crippen molar-refractivity contribution in [3.8, 4) is 0 Å². The van der Waals surface area contributed by atoms with Crippen LogP contribution in [0.15, 0.2) is 66.0 Å². The van der Waals surface area contributed by atoms with Gasteiger partial charge in [-0.1, -0.05) is 35.9 Å². The van der Waals surface area contributed by atoms with E-state index in [1.54, 1.807) is 34.4 Å². The predicted octanol–water partition coefficient (Wildman–Crippen LogP) is 5.07. The molecule has 2 N–H and O–H groups in total. The fourth-order valence-electron chi connectivity index (χ4n) is 4.47. The van der Waals surface area contributed by atoms with Gasteiger partial charge in [-0.3, -0.25) is 14.4 Å². The topological polar surface area (TPSA) is 78.5 Å². The molecule has 3 aromatic rings. The Bertz CT molecular complexity index is 1200. The van der Waals surface area contributed by atoms with Crippen molar-refractivity contribution in [3.63, 3.8) is 0 Å². The predicted molar refractivity (Wildman–Crippen MR) is 134 cm³/mol. The average molecular weight is 474 g/mol. The van der Waals surface area contributed by atoms with E-state index in [1.165, 1.54) is 0 Å². The number of anilines is 2. The van der Waals surface area contributed by atoms with E-state index in [9.17, 15) is 14.4 Å². The molecule has 1 aliphatic carbocycles. The second kappa shape index (κ2) is 9.43. The minimum absolute atomic E-state index is 0.00974. The van der Waals surface area contributed by atoms with Gasteiger partial charge in [-0.15, -0.1) is 11.3 Å². The second-order valence-electron chi connectivity index (χ2n) is 8.99. The van der Waals surface area contributed by atoms with Gasteiger partial charge in [-0.2, -0.15) is 0 Å². The molecule has 7 heteroatoms. The van der Waals surface area contributed by atoms with E-state index in [0.29, 0.717) is 17.7 Å². The number of carbonyl (C=O) groups excluding carboxylic acids is 3. The van der Waals surface area contributed by atoms with Crippen molar-refractivity contribution >= 4 is 40.4 Å². The van der Waals surface area contributed by atoms with Crippen LogP contribution in [0.1, 0.15) is 52.5 Å². The van der Waals surface area contributed by atoms with Crippen LogP contribution in [0.3, 0.4) is 0 Å². The van der Waals surface area contributed by atoms with Crippen molar-refractivity contribution in [1.82, 2.24) is 5.32 Å². The van der Waals surface area contributed by atoms with E-state index in [0.717, 1.165) is 29.0 Å². The van der Waals surface area contributed by atoms with Crippen LogP contribution in [0.2, 0.25) is 0 Å². The minimum Gasteiger partial charge on any atom is -0.349 e. The van der Waals surface area contributed by atoms with Gasteiger partial charge in [0.05, 0.1) is 23.2 Å². The zero-order valence-corrected chi connectivity index (χ0v) is 19.8. The Balaban J connectivity index is 1.45. The van der Waals surface area contributed by atoms with Gasteiger partial charge in [0.1, 0.15) is 0 Å². The summed E-state index contributed by atoms with van der Waals surface area (Å²) >= 11 is 1.54. The largest absolute Gasteiger partial charge is 0.349 e. The molecule has 3 amide bonds. The van der Waals surface area contributed by atoms with E-state index in [2.05, 4.69) is 10.6 Å². The highest BCUT2D eigenvalue weighted by molar-refractivity contribution is 7.10. The SMILES string of the molecule is Cc1ccc(N2C(=O)CCC(C(=O)Nc3ccccc3C(=O)NC3CC3)C2c2cccs2)cc1. The molecule has 1 aromatic heterocycles. The van der Waals surface area contributed by atoms with Gasteiger partial charge in [0.15, 0.2) is 0 Å². The van der Waals surface area contributed by atoms with Crippen molar-refractivity contribution in [3.05, 3.63) is 82.0 Å². The summed E-state index contributed by atoms with van der Waals surface area (Å²) in [6.45, 7) is 2.01. The summed E-state index contributed by atoms with van der Waals surface area (Å²) in [6.07, 6.45) is 2.73. The molecule has 174 valence electrons. The molecule has 34 heavy (non-hydrogen) atoms. The summed E-state index contributed by atoms with van der Waals surface area (Å²) in [6, 6.07) is 18.7. The first kappa shape index (κ1) is 22.3. The molecule has 0 spiro atoms. The number of piperidine rings is 1. The highest BCUT2D eigenvalue weighted by atomic mass is 32.1. The number of hydrogen-bond acceptors (Lipinski definition) is 4. The maximum Gasteiger partial charge on any atom is 0.253 e. The summed E-state index contributed by atoms with van der Waals surface area (Å²) in [5.74, 6) is -0.796. The van der Waals surface area contributed by atoms with Crippen LogP contribution in [-0.4, -0.2) is 23.8 Å². The summed E-state index contributed by atoms with van der Waals surface area (Å²) in [7, 11) is 0. The highest BCUT2D eigenvalue weighted by Crippen LogP contribution is 2.42. The van der Waals surface area contributed by atoms with E-state index >= 15 is 0 Å². The Hall–Kier alpha value is -3.45. The lowest BCUT2D eigenvalue weighted by molar-refractivity contribution is -0.125. The number of benzene rings is 2. The number of hydrogen-bond donors (Lipinski definition) is 2. The van der Waals surface area contributed by atoms with Gasteiger partial charge in [0, 0.05) is 23.0 Å². The lowest BCUT2D eigenvalue weighted by Gasteiger charge is -2.40. The normalized spacial score (nSPS) is 20.1. The highest BCUT2D eigenvalue weighted by Gasteiger charge is 2.42. The molecular weight excluding hydrogens is 446 g/mol. The maximum atomic E-state index is 13.6. The number of amides is 3. The summed E-state index contributed by atoms with van der Waals surface area (Å²) < 4.78 is 0. The van der Waals surface area contributed by atoms with Crippen LogP contribution in [0, 0.1) is 12.8 Å². The smallest absolute Gasteiger partial charge is 0.253 e.